The number of hydrogen-bond donors (Lipinski definition) is 3. The summed E-state index contributed by atoms with van der Waals surface area (Å²) in [7, 11) is 0. The number of nitrogens with zero attached hydrogens (tertiary/aromatic N) is 1. The molecule has 0 radical (unpaired) electrons. The molecule has 1 aromatic rings. The van der Waals surface area contributed by atoms with Gasteiger partial charge >= 0.3 is 12.0 Å². The van der Waals surface area contributed by atoms with Crippen LogP contribution < -0.4 is 10.6 Å². The van der Waals surface area contributed by atoms with Crippen molar-refractivity contribution >= 4 is 17.7 Å². The van der Waals surface area contributed by atoms with Crippen molar-refractivity contribution in [3.63, 3.8) is 0 Å². The van der Waals surface area contributed by atoms with Gasteiger partial charge in [-0.15, -0.1) is 0 Å². The average molecular weight is 293 g/mol. The van der Waals surface area contributed by atoms with Gasteiger partial charge in [0.25, 0.3) is 0 Å². The Bertz CT molecular complexity index is 437. The molecule has 6 nitrogen and oxygen atoms in total. The third kappa shape index (κ3) is 7.91. The SMILES string of the molecule is CCCC(CCNC(=O)Nc1cccnc1)CCC(=O)O. The van der Waals surface area contributed by atoms with Crippen LogP contribution in [0.2, 0.25) is 0 Å². The molecule has 6 heteroatoms. The lowest BCUT2D eigenvalue weighted by molar-refractivity contribution is -0.137. The molecule has 0 bridgehead atoms. The number of carbonyl (C=O) groups is 2. The lowest BCUT2D eigenvalue weighted by Crippen LogP contribution is -2.30. The fourth-order valence-electron chi connectivity index (χ4n) is 2.17. The quantitative estimate of drug-likeness (QED) is 0.653. The van der Waals surface area contributed by atoms with Gasteiger partial charge in [-0.2, -0.15) is 0 Å². The molecule has 1 atom stereocenters. The second-order valence-corrected chi connectivity index (χ2v) is 5.00. The van der Waals surface area contributed by atoms with Gasteiger partial charge in [0, 0.05) is 19.2 Å². The maximum Gasteiger partial charge on any atom is 0.319 e. The number of aliphatic carboxylic acids is 1. The van der Waals surface area contributed by atoms with Crippen LogP contribution >= 0.6 is 0 Å². The smallest absolute Gasteiger partial charge is 0.319 e. The van der Waals surface area contributed by atoms with Gasteiger partial charge in [-0.3, -0.25) is 9.78 Å². The molecule has 116 valence electrons. The van der Waals surface area contributed by atoms with Gasteiger partial charge in [0.15, 0.2) is 0 Å². The third-order valence-corrected chi connectivity index (χ3v) is 3.22. The molecular weight excluding hydrogens is 270 g/mol. The van der Waals surface area contributed by atoms with E-state index in [4.69, 9.17) is 5.11 Å². The van der Waals surface area contributed by atoms with E-state index in [-0.39, 0.29) is 12.5 Å². The van der Waals surface area contributed by atoms with Gasteiger partial charge in [0.05, 0.1) is 11.9 Å². The number of carboxylic acids is 1. The van der Waals surface area contributed by atoms with E-state index in [0.29, 0.717) is 24.6 Å². The van der Waals surface area contributed by atoms with Crippen LogP contribution in [0.4, 0.5) is 10.5 Å². The van der Waals surface area contributed by atoms with E-state index in [2.05, 4.69) is 22.5 Å². The standard InChI is InChI=1S/C15H23N3O3/c1-2-4-12(6-7-14(19)20)8-10-17-15(21)18-13-5-3-9-16-11-13/h3,5,9,11-12H,2,4,6-8,10H2,1H3,(H,19,20)(H2,17,18,21). The van der Waals surface area contributed by atoms with Gasteiger partial charge in [-0.05, 0) is 30.9 Å². The zero-order valence-corrected chi connectivity index (χ0v) is 12.3. The molecule has 0 saturated carbocycles. The molecule has 1 heterocycles. The summed E-state index contributed by atoms with van der Waals surface area (Å²) in [5, 5.41) is 14.2. The summed E-state index contributed by atoms with van der Waals surface area (Å²) in [6, 6.07) is 3.24. The minimum Gasteiger partial charge on any atom is -0.481 e. The number of pyridine rings is 1. The number of nitrogens with one attached hydrogen (secondary N) is 2. The maximum absolute atomic E-state index is 11.7. The molecule has 2 amide bonds. The van der Waals surface area contributed by atoms with Gasteiger partial charge in [-0.1, -0.05) is 19.8 Å². The summed E-state index contributed by atoms with van der Waals surface area (Å²) in [4.78, 5) is 26.2. The molecule has 0 spiro atoms. The molecule has 3 N–H and O–H groups in total. The van der Waals surface area contributed by atoms with Gasteiger partial charge < -0.3 is 15.7 Å². The number of carbonyl (C=O) groups excluding carboxylic acids is 1. The summed E-state index contributed by atoms with van der Waals surface area (Å²) in [6.07, 6.45) is 6.86. The largest absolute Gasteiger partial charge is 0.481 e. The third-order valence-electron chi connectivity index (χ3n) is 3.22. The molecule has 21 heavy (non-hydrogen) atoms. The van der Waals surface area contributed by atoms with E-state index < -0.39 is 5.97 Å². The summed E-state index contributed by atoms with van der Waals surface area (Å²) < 4.78 is 0. The highest BCUT2D eigenvalue weighted by molar-refractivity contribution is 5.88. The monoisotopic (exact) mass is 293 g/mol. The topological polar surface area (TPSA) is 91.3 Å². The zero-order valence-electron chi connectivity index (χ0n) is 12.3. The lowest BCUT2D eigenvalue weighted by Gasteiger charge is -2.15. The Hall–Kier alpha value is -2.11. The Labute approximate surface area is 125 Å². The molecule has 0 saturated heterocycles. The van der Waals surface area contributed by atoms with Crippen molar-refractivity contribution in [2.45, 2.75) is 39.0 Å². The van der Waals surface area contributed by atoms with Crippen molar-refractivity contribution in [1.82, 2.24) is 10.3 Å². The molecule has 1 rings (SSSR count). The number of hydrogen-bond acceptors (Lipinski definition) is 3. The van der Waals surface area contributed by atoms with Crippen LogP contribution in [0, 0.1) is 5.92 Å². The number of aromatic nitrogens is 1. The van der Waals surface area contributed by atoms with Crippen LogP contribution in [0.25, 0.3) is 0 Å². The normalized spacial score (nSPS) is 11.7. The molecule has 1 aromatic heterocycles. The Balaban J connectivity index is 2.26. The van der Waals surface area contributed by atoms with E-state index in [1.54, 1.807) is 24.5 Å². The molecule has 0 aromatic carbocycles. The number of rotatable bonds is 9. The molecule has 0 fully saturated rings. The van der Waals surface area contributed by atoms with E-state index >= 15 is 0 Å². The first kappa shape index (κ1) is 16.9. The predicted molar refractivity (Wildman–Crippen MR) is 81.1 cm³/mol. The molecule has 0 aliphatic heterocycles. The van der Waals surface area contributed by atoms with Crippen LogP contribution in [0.15, 0.2) is 24.5 Å². The number of carboxylic acid groups (broad SMARTS) is 1. The Morgan fingerprint density at radius 2 is 2.14 bits per heavy atom. The first-order chi connectivity index (χ1) is 10.1. The second kappa shape index (κ2) is 9.74. The number of anilines is 1. The van der Waals surface area contributed by atoms with Crippen molar-refractivity contribution < 1.29 is 14.7 Å². The predicted octanol–water partition coefficient (Wildman–Crippen LogP) is 2.87. The van der Waals surface area contributed by atoms with Crippen LogP contribution in [0.5, 0.6) is 0 Å². The van der Waals surface area contributed by atoms with Crippen molar-refractivity contribution in [3.8, 4) is 0 Å². The highest BCUT2D eigenvalue weighted by Crippen LogP contribution is 2.17. The maximum atomic E-state index is 11.7. The van der Waals surface area contributed by atoms with Crippen molar-refractivity contribution in [2.24, 2.45) is 5.92 Å². The lowest BCUT2D eigenvalue weighted by atomic mass is 9.94. The first-order valence-electron chi connectivity index (χ1n) is 7.28. The first-order valence-corrected chi connectivity index (χ1v) is 7.28. The molecule has 1 unspecified atom stereocenters. The minimum atomic E-state index is -0.765. The van der Waals surface area contributed by atoms with Crippen molar-refractivity contribution in [3.05, 3.63) is 24.5 Å². The highest BCUT2D eigenvalue weighted by Gasteiger charge is 2.10. The van der Waals surface area contributed by atoms with Crippen LogP contribution in [-0.2, 0) is 4.79 Å². The molecular formula is C15H23N3O3. The average Bonchev–Trinajstić information content (AvgIpc) is 2.45. The Kier molecular flexibility index (Phi) is 7.86. The van der Waals surface area contributed by atoms with E-state index in [1.165, 1.54) is 0 Å². The summed E-state index contributed by atoms with van der Waals surface area (Å²) >= 11 is 0. The minimum absolute atomic E-state index is 0.187. The van der Waals surface area contributed by atoms with Crippen molar-refractivity contribution in [2.75, 3.05) is 11.9 Å². The second-order valence-electron chi connectivity index (χ2n) is 5.00. The van der Waals surface area contributed by atoms with Gasteiger partial charge in [-0.25, -0.2) is 4.79 Å². The Morgan fingerprint density at radius 1 is 1.33 bits per heavy atom. The summed E-state index contributed by atoms with van der Waals surface area (Å²) in [6.45, 7) is 2.62. The summed E-state index contributed by atoms with van der Waals surface area (Å²) in [5.41, 5.74) is 0.644. The number of urea groups is 1. The van der Waals surface area contributed by atoms with Crippen LogP contribution in [-0.4, -0.2) is 28.6 Å². The van der Waals surface area contributed by atoms with E-state index in [0.717, 1.165) is 19.3 Å². The van der Waals surface area contributed by atoms with Crippen LogP contribution in [0.3, 0.4) is 0 Å². The van der Waals surface area contributed by atoms with Gasteiger partial charge in [0.1, 0.15) is 0 Å². The molecule has 0 aliphatic carbocycles. The fraction of sp³-hybridized carbons (Fsp3) is 0.533. The van der Waals surface area contributed by atoms with Crippen molar-refractivity contribution in [1.29, 1.82) is 0 Å². The summed E-state index contributed by atoms with van der Waals surface area (Å²) in [5.74, 6) is -0.428. The van der Waals surface area contributed by atoms with E-state index in [1.807, 2.05) is 0 Å². The van der Waals surface area contributed by atoms with E-state index in [9.17, 15) is 9.59 Å². The zero-order chi connectivity index (χ0) is 15.5. The Morgan fingerprint density at radius 3 is 2.76 bits per heavy atom. The number of amides is 2. The van der Waals surface area contributed by atoms with Gasteiger partial charge in [0.2, 0.25) is 0 Å². The molecule has 0 aliphatic rings. The highest BCUT2D eigenvalue weighted by atomic mass is 16.4. The fourth-order valence-corrected chi connectivity index (χ4v) is 2.17. The van der Waals surface area contributed by atoms with Crippen LogP contribution in [0.1, 0.15) is 39.0 Å².